The molecule has 0 radical (unpaired) electrons. The Morgan fingerprint density at radius 2 is 2.37 bits per heavy atom. The number of aromatic nitrogens is 1. The minimum absolute atomic E-state index is 0.352. The zero-order chi connectivity index (χ0) is 13.7. The molecular formula is C14H20N2O2S. The molecule has 0 aromatic carbocycles. The fourth-order valence-electron chi connectivity index (χ4n) is 2.46. The molecule has 2 unspecified atom stereocenters. The second-order valence-electron chi connectivity index (χ2n) is 4.79. The topological polar surface area (TPSA) is 51.2 Å². The second-order valence-corrected chi connectivity index (χ2v) is 5.92. The number of esters is 1. The van der Waals surface area contributed by atoms with Gasteiger partial charge in [-0.05, 0) is 37.7 Å². The zero-order valence-corrected chi connectivity index (χ0v) is 12.2. The van der Waals surface area contributed by atoms with Crippen LogP contribution in [-0.4, -0.2) is 35.6 Å². The van der Waals surface area contributed by atoms with Gasteiger partial charge < -0.3 is 10.1 Å². The average molecular weight is 280 g/mol. The van der Waals surface area contributed by atoms with Crippen LogP contribution >= 0.6 is 11.8 Å². The van der Waals surface area contributed by atoms with Crippen molar-refractivity contribution in [3.05, 3.63) is 24.0 Å². The Bertz CT molecular complexity index is 439. The highest BCUT2D eigenvalue weighted by Gasteiger charge is 2.21. The van der Waals surface area contributed by atoms with E-state index < -0.39 is 5.97 Å². The van der Waals surface area contributed by atoms with Crippen LogP contribution in [0.1, 0.15) is 36.2 Å². The molecule has 1 aromatic rings. The maximum atomic E-state index is 11.4. The van der Waals surface area contributed by atoms with Crippen LogP contribution in [0, 0.1) is 0 Å². The molecule has 1 heterocycles. The van der Waals surface area contributed by atoms with Crippen molar-refractivity contribution in [2.24, 2.45) is 0 Å². The van der Waals surface area contributed by atoms with E-state index in [9.17, 15) is 4.79 Å². The SMILES string of the molecule is COC(=O)c1cc(NC2CCCC(SC)C2)ccn1. The third-order valence-electron chi connectivity index (χ3n) is 3.48. The molecule has 19 heavy (non-hydrogen) atoms. The molecule has 0 bridgehead atoms. The third-order valence-corrected chi connectivity index (χ3v) is 4.58. The predicted octanol–water partition coefficient (Wildman–Crippen LogP) is 2.95. The van der Waals surface area contributed by atoms with E-state index in [0.29, 0.717) is 11.7 Å². The summed E-state index contributed by atoms with van der Waals surface area (Å²) in [5.74, 6) is -0.394. The number of pyridine rings is 1. The Hall–Kier alpha value is -1.23. The van der Waals surface area contributed by atoms with Crippen molar-refractivity contribution in [1.29, 1.82) is 0 Å². The van der Waals surface area contributed by atoms with Crippen molar-refractivity contribution in [2.75, 3.05) is 18.7 Å². The molecule has 5 heteroatoms. The maximum absolute atomic E-state index is 11.4. The van der Waals surface area contributed by atoms with E-state index in [2.05, 4.69) is 21.3 Å². The molecule has 104 valence electrons. The number of thioether (sulfide) groups is 1. The number of hydrogen-bond acceptors (Lipinski definition) is 5. The average Bonchev–Trinajstić information content (AvgIpc) is 2.47. The summed E-state index contributed by atoms with van der Waals surface area (Å²) in [6, 6.07) is 4.14. The van der Waals surface area contributed by atoms with Crippen molar-refractivity contribution in [3.63, 3.8) is 0 Å². The largest absolute Gasteiger partial charge is 0.464 e. The minimum atomic E-state index is -0.394. The molecule has 1 fully saturated rings. The Morgan fingerprint density at radius 1 is 1.53 bits per heavy atom. The van der Waals surface area contributed by atoms with Gasteiger partial charge in [0.1, 0.15) is 5.69 Å². The molecule has 1 aliphatic rings. The van der Waals surface area contributed by atoms with Crippen LogP contribution < -0.4 is 5.32 Å². The molecule has 2 atom stereocenters. The van der Waals surface area contributed by atoms with Crippen molar-refractivity contribution >= 4 is 23.4 Å². The van der Waals surface area contributed by atoms with E-state index in [0.717, 1.165) is 10.9 Å². The number of carbonyl (C=O) groups excluding carboxylic acids is 1. The van der Waals surface area contributed by atoms with Crippen LogP contribution in [0.25, 0.3) is 0 Å². The monoisotopic (exact) mass is 280 g/mol. The van der Waals surface area contributed by atoms with Gasteiger partial charge >= 0.3 is 5.97 Å². The molecule has 0 aliphatic heterocycles. The number of ether oxygens (including phenoxy) is 1. The van der Waals surface area contributed by atoms with Crippen LogP contribution in [0.5, 0.6) is 0 Å². The highest BCUT2D eigenvalue weighted by atomic mass is 32.2. The molecule has 1 N–H and O–H groups in total. The lowest BCUT2D eigenvalue weighted by molar-refractivity contribution is 0.0594. The van der Waals surface area contributed by atoms with Gasteiger partial charge in [0.25, 0.3) is 0 Å². The summed E-state index contributed by atoms with van der Waals surface area (Å²) in [4.78, 5) is 15.5. The molecule has 0 saturated heterocycles. The van der Waals surface area contributed by atoms with Crippen LogP contribution in [0.15, 0.2) is 18.3 Å². The normalized spacial score (nSPS) is 22.8. The van der Waals surface area contributed by atoms with Crippen LogP contribution in [-0.2, 0) is 4.74 Å². The first-order valence-electron chi connectivity index (χ1n) is 6.56. The highest BCUT2D eigenvalue weighted by molar-refractivity contribution is 7.99. The Labute approximate surface area is 118 Å². The number of nitrogens with one attached hydrogen (secondary N) is 1. The number of anilines is 1. The molecule has 1 saturated carbocycles. The lowest BCUT2D eigenvalue weighted by atomic mass is 9.95. The number of carbonyl (C=O) groups is 1. The summed E-state index contributed by atoms with van der Waals surface area (Å²) in [6.45, 7) is 0. The molecule has 1 aliphatic carbocycles. The van der Waals surface area contributed by atoms with Gasteiger partial charge in [0, 0.05) is 23.2 Å². The smallest absolute Gasteiger partial charge is 0.356 e. The highest BCUT2D eigenvalue weighted by Crippen LogP contribution is 2.28. The van der Waals surface area contributed by atoms with Gasteiger partial charge in [-0.1, -0.05) is 6.42 Å². The summed E-state index contributed by atoms with van der Waals surface area (Å²) in [5.41, 5.74) is 1.30. The van der Waals surface area contributed by atoms with E-state index in [-0.39, 0.29) is 0 Å². The quantitative estimate of drug-likeness (QED) is 0.859. The first kappa shape index (κ1) is 14.2. The van der Waals surface area contributed by atoms with Gasteiger partial charge in [-0.2, -0.15) is 11.8 Å². The molecule has 4 nitrogen and oxygen atoms in total. The standard InChI is InChI=1S/C14H20N2O2S/c1-18-14(17)13-9-11(6-7-15-13)16-10-4-3-5-12(8-10)19-2/h6-7,9-10,12H,3-5,8H2,1-2H3,(H,15,16). The van der Waals surface area contributed by atoms with Crippen LogP contribution in [0.3, 0.4) is 0 Å². The Balaban J connectivity index is 2.00. The fourth-order valence-corrected chi connectivity index (χ4v) is 3.29. The van der Waals surface area contributed by atoms with Gasteiger partial charge in [-0.25, -0.2) is 9.78 Å². The molecule has 0 amide bonds. The molecule has 2 rings (SSSR count). The predicted molar refractivity (Wildman–Crippen MR) is 78.8 cm³/mol. The van der Waals surface area contributed by atoms with E-state index in [1.807, 2.05) is 17.8 Å². The van der Waals surface area contributed by atoms with E-state index >= 15 is 0 Å². The minimum Gasteiger partial charge on any atom is -0.464 e. The summed E-state index contributed by atoms with van der Waals surface area (Å²) in [7, 11) is 1.37. The van der Waals surface area contributed by atoms with Crippen molar-refractivity contribution < 1.29 is 9.53 Å². The summed E-state index contributed by atoms with van der Waals surface area (Å²) < 4.78 is 4.68. The number of methoxy groups -OCH3 is 1. The van der Waals surface area contributed by atoms with Crippen molar-refractivity contribution in [3.8, 4) is 0 Å². The Kier molecular flexibility index (Phi) is 5.07. The summed E-state index contributed by atoms with van der Waals surface area (Å²) in [5, 5.41) is 4.25. The van der Waals surface area contributed by atoms with Crippen LogP contribution in [0.4, 0.5) is 5.69 Å². The number of hydrogen-bond donors (Lipinski definition) is 1. The summed E-state index contributed by atoms with van der Waals surface area (Å²) in [6.07, 6.45) is 8.75. The van der Waals surface area contributed by atoms with Crippen LogP contribution in [0.2, 0.25) is 0 Å². The second kappa shape index (κ2) is 6.80. The molecule has 1 aromatic heterocycles. The van der Waals surface area contributed by atoms with E-state index in [1.165, 1.54) is 32.8 Å². The fraction of sp³-hybridized carbons (Fsp3) is 0.571. The number of nitrogens with zero attached hydrogens (tertiary/aromatic N) is 1. The van der Waals surface area contributed by atoms with Gasteiger partial charge in [0.2, 0.25) is 0 Å². The molecule has 0 spiro atoms. The number of rotatable bonds is 4. The maximum Gasteiger partial charge on any atom is 0.356 e. The van der Waals surface area contributed by atoms with E-state index in [4.69, 9.17) is 0 Å². The summed E-state index contributed by atoms with van der Waals surface area (Å²) >= 11 is 1.95. The van der Waals surface area contributed by atoms with Gasteiger partial charge in [-0.15, -0.1) is 0 Å². The van der Waals surface area contributed by atoms with Gasteiger partial charge in [0.05, 0.1) is 7.11 Å². The Morgan fingerprint density at radius 3 is 3.11 bits per heavy atom. The van der Waals surface area contributed by atoms with E-state index in [1.54, 1.807) is 12.3 Å². The van der Waals surface area contributed by atoms with Gasteiger partial charge in [-0.3, -0.25) is 0 Å². The lowest BCUT2D eigenvalue weighted by Crippen LogP contribution is -2.28. The van der Waals surface area contributed by atoms with Crippen molar-refractivity contribution in [2.45, 2.75) is 37.0 Å². The first-order chi connectivity index (χ1) is 9.22. The third kappa shape index (κ3) is 3.86. The molecular weight excluding hydrogens is 260 g/mol. The van der Waals surface area contributed by atoms with Gasteiger partial charge in [0.15, 0.2) is 0 Å². The van der Waals surface area contributed by atoms with Crippen molar-refractivity contribution in [1.82, 2.24) is 4.98 Å². The first-order valence-corrected chi connectivity index (χ1v) is 7.85. The lowest BCUT2D eigenvalue weighted by Gasteiger charge is -2.29. The zero-order valence-electron chi connectivity index (χ0n) is 11.4.